The second-order valence-corrected chi connectivity index (χ2v) is 7.15. The van der Waals surface area contributed by atoms with Crippen LogP contribution in [0.5, 0.6) is 0 Å². The largest absolute Gasteiger partial charge is 0.445 e. The van der Waals surface area contributed by atoms with Crippen LogP contribution in [0.25, 0.3) is 0 Å². The summed E-state index contributed by atoms with van der Waals surface area (Å²) in [6.45, 7) is 1.23. The highest BCUT2D eigenvalue weighted by atomic mass is 16.5. The van der Waals surface area contributed by atoms with Crippen molar-refractivity contribution in [3.05, 3.63) is 65.7 Å². The second kappa shape index (κ2) is 8.72. The lowest BCUT2D eigenvalue weighted by Crippen LogP contribution is -2.49. The average Bonchev–Trinajstić information content (AvgIpc) is 2.59. The number of benzene rings is 2. The maximum atomic E-state index is 11.9. The summed E-state index contributed by atoms with van der Waals surface area (Å²) in [6.07, 6.45) is 1.49. The van der Waals surface area contributed by atoms with Crippen LogP contribution >= 0.6 is 0 Å². The summed E-state index contributed by atoms with van der Waals surface area (Å²) in [7, 11) is 4.14. The van der Waals surface area contributed by atoms with Gasteiger partial charge in [0.1, 0.15) is 6.61 Å². The zero-order valence-electron chi connectivity index (χ0n) is 15.4. The first-order valence-electron chi connectivity index (χ1n) is 9.06. The molecule has 5 nitrogen and oxygen atoms in total. The monoisotopic (exact) mass is 353 g/mol. The molecule has 0 aromatic heterocycles. The topological polar surface area (TPSA) is 53.6 Å². The fourth-order valence-electron chi connectivity index (χ4n) is 3.15. The van der Waals surface area contributed by atoms with Crippen LogP contribution in [0.1, 0.15) is 24.0 Å². The number of anilines is 1. The highest BCUT2D eigenvalue weighted by molar-refractivity contribution is 5.67. The van der Waals surface area contributed by atoms with Crippen LogP contribution in [0.2, 0.25) is 0 Å². The molecular weight excluding hydrogens is 326 g/mol. The van der Waals surface area contributed by atoms with Gasteiger partial charge in [-0.1, -0.05) is 42.5 Å². The molecule has 2 N–H and O–H groups in total. The number of amides is 1. The summed E-state index contributed by atoms with van der Waals surface area (Å²) in [5.74, 6) is 0. The third-order valence-electron chi connectivity index (χ3n) is 4.47. The second-order valence-electron chi connectivity index (χ2n) is 7.15. The molecule has 0 heterocycles. The van der Waals surface area contributed by atoms with Crippen molar-refractivity contribution in [1.82, 2.24) is 10.2 Å². The van der Waals surface area contributed by atoms with Crippen molar-refractivity contribution in [2.45, 2.75) is 38.1 Å². The van der Waals surface area contributed by atoms with Crippen molar-refractivity contribution in [2.24, 2.45) is 0 Å². The first-order valence-corrected chi connectivity index (χ1v) is 9.06. The third-order valence-corrected chi connectivity index (χ3v) is 4.47. The number of alkyl carbamates (subject to hydrolysis) is 1. The maximum absolute atomic E-state index is 11.9. The number of nitrogens with one attached hydrogen (secondary N) is 2. The number of hydrogen-bond acceptors (Lipinski definition) is 4. The van der Waals surface area contributed by atoms with Crippen molar-refractivity contribution in [2.75, 3.05) is 19.4 Å². The first kappa shape index (κ1) is 18.3. The Bertz CT molecular complexity index is 712. The first-order chi connectivity index (χ1) is 12.6. The van der Waals surface area contributed by atoms with E-state index in [1.165, 1.54) is 5.56 Å². The predicted octanol–water partition coefficient (Wildman–Crippen LogP) is 3.62. The summed E-state index contributed by atoms with van der Waals surface area (Å²) in [4.78, 5) is 14.0. The average molecular weight is 353 g/mol. The molecule has 1 amide bonds. The molecule has 0 aliphatic heterocycles. The van der Waals surface area contributed by atoms with Crippen molar-refractivity contribution < 1.29 is 9.53 Å². The molecule has 138 valence electrons. The maximum Gasteiger partial charge on any atom is 0.407 e. The highest BCUT2D eigenvalue weighted by Gasteiger charge is 2.30. The quantitative estimate of drug-likeness (QED) is 0.798. The molecule has 3 rings (SSSR count). The van der Waals surface area contributed by atoms with Crippen molar-refractivity contribution in [3.8, 4) is 0 Å². The lowest BCUT2D eigenvalue weighted by Gasteiger charge is -2.36. The molecule has 1 fully saturated rings. The van der Waals surface area contributed by atoms with Crippen LogP contribution in [0.4, 0.5) is 10.5 Å². The van der Waals surface area contributed by atoms with Crippen LogP contribution in [-0.2, 0) is 17.9 Å². The molecule has 0 bridgehead atoms. The Morgan fingerprint density at radius 2 is 1.77 bits per heavy atom. The van der Waals surface area contributed by atoms with Gasteiger partial charge in [0.15, 0.2) is 0 Å². The Hall–Kier alpha value is -2.53. The normalized spacial score (nSPS) is 18.9. The van der Waals surface area contributed by atoms with E-state index in [1.807, 2.05) is 30.3 Å². The summed E-state index contributed by atoms with van der Waals surface area (Å²) in [5.41, 5.74) is 3.42. The minimum absolute atomic E-state index is 0.181. The van der Waals surface area contributed by atoms with E-state index in [0.29, 0.717) is 12.6 Å². The van der Waals surface area contributed by atoms with E-state index < -0.39 is 0 Å². The van der Waals surface area contributed by atoms with Gasteiger partial charge in [0, 0.05) is 24.3 Å². The van der Waals surface area contributed by atoms with Crippen molar-refractivity contribution >= 4 is 11.8 Å². The number of ether oxygens (including phenoxy) is 1. The Morgan fingerprint density at radius 1 is 1.04 bits per heavy atom. The molecule has 0 atom stereocenters. The SMILES string of the molecule is CN(C)Cc1cccc(NC2CC(NC(=O)OCc3ccccc3)C2)c1. The Labute approximate surface area is 155 Å². The lowest BCUT2D eigenvalue weighted by molar-refractivity contribution is 0.129. The Kier molecular flexibility index (Phi) is 6.12. The predicted molar refractivity (Wildman–Crippen MR) is 104 cm³/mol. The van der Waals surface area contributed by atoms with E-state index in [0.717, 1.165) is 30.6 Å². The third kappa shape index (κ3) is 5.49. The van der Waals surface area contributed by atoms with E-state index in [4.69, 9.17) is 4.74 Å². The van der Waals surface area contributed by atoms with Gasteiger partial charge in [-0.05, 0) is 50.2 Å². The number of carbonyl (C=O) groups is 1. The zero-order chi connectivity index (χ0) is 18.4. The van der Waals surface area contributed by atoms with Gasteiger partial charge in [0.25, 0.3) is 0 Å². The molecule has 5 heteroatoms. The van der Waals surface area contributed by atoms with E-state index in [1.54, 1.807) is 0 Å². The smallest absolute Gasteiger partial charge is 0.407 e. The summed E-state index contributed by atoms with van der Waals surface area (Å²) < 4.78 is 5.27. The molecule has 1 aliphatic rings. The standard InChI is InChI=1S/C21H27N3O2/c1-24(2)14-17-9-6-10-18(11-17)22-19-12-20(13-19)23-21(25)26-15-16-7-4-3-5-8-16/h3-11,19-20,22H,12-15H2,1-2H3,(H,23,25). The summed E-state index contributed by atoms with van der Waals surface area (Å²) >= 11 is 0. The minimum Gasteiger partial charge on any atom is -0.445 e. The van der Waals surface area contributed by atoms with Gasteiger partial charge in [0.2, 0.25) is 0 Å². The summed E-state index contributed by atoms with van der Waals surface area (Å²) in [6, 6.07) is 18.8. The van der Waals surface area contributed by atoms with E-state index in [2.05, 4.69) is 53.9 Å². The fourth-order valence-corrected chi connectivity index (χ4v) is 3.15. The van der Waals surface area contributed by atoms with E-state index in [-0.39, 0.29) is 12.1 Å². The molecule has 1 saturated carbocycles. The van der Waals surface area contributed by atoms with Gasteiger partial charge in [0.05, 0.1) is 0 Å². The lowest BCUT2D eigenvalue weighted by atomic mass is 9.86. The molecule has 0 spiro atoms. The van der Waals surface area contributed by atoms with Gasteiger partial charge in [-0.2, -0.15) is 0 Å². The molecule has 0 saturated heterocycles. The van der Waals surface area contributed by atoms with Gasteiger partial charge in [-0.15, -0.1) is 0 Å². The van der Waals surface area contributed by atoms with Crippen LogP contribution < -0.4 is 10.6 Å². The van der Waals surface area contributed by atoms with Crippen LogP contribution in [-0.4, -0.2) is 37.2 Å². The van der Waals surface area contributed by atoms with Crippen LogP contribution in [0.15, 0.2) is 54.6 Å². The van der Waals surface area contributed by atoms with Gasteiger partial charge in [-0.25, -0.2) is 4.79 Å². The van der Waals surface area contributed by atoms with Gasteiger partial charge in [-0.3, -0.25) is 0 Å². The molecular formula is C21H27N3O2. The molecule has 0 radical (unpaired) electrons. The Balaban J connectivity index is 1.37. The molecule has 1 aliphatic carbocycles. The highest BCUT2D eigenvalue weighted by Crippen LogP contribution is 2.25. The number of rotatable bonds is 7. The minimum atomic E-state index is -0.342. The molecule has 0 unspecified atom stereocenters. The van der Waals surface area contributed by atoms with Crippen molar-refractivity contribution in [1.29, 1.82) is 0 Å². The number of hydrogen-bond donors (Lipinski definition) is 2. The van der Waals surface area contributed by atoms with E-state index >= 15 is 0 Å². The number of nitrogens with zero attached hydrogens (tertiary/aromatic N) is 1. The fraction of sp³-hybridized carbons (Fsp3) is 0.381. The number of carbonyl (C=O) groups excluding carboxylic acids is 1. The van der Waals surface area contributed by atoms with Crippen LogP contribution in [0, 0.1) is 0 Å². The molecule has 26 heavy (non-hydrogen) atoms. The van der Waals surface area contributed by atoms with Crippen LogP contribution in [0.3, 0.4) is 0 Å². The molecule has 2 aromatic carbocycles. The van der Waals surface area contributed by atoms with Gasteiger partial charge < -0.3 is 20.3 Å². The van der Waals surface area contributed by atoms with Crippen molar-refractivity contribution in [3.63, 3.8) is 0 Å². The Morgan fingerprint density at radius 3 is 2.50 bits per heavy atom. The summed E-state index contributed by atoms with van der Waals surface area (Å²) in [5, 5.41) is 6.47. The zero-order valence-corrected chi connectivity index (χ0v) is 15.4. The molecule has 2 aromatic rings. The van der Waals surface area contributed by atoms with Gasteiger partial charge >= 0.3 is 6.09 Å². The van der Waals surface area contributed by atoms with E-state index in [9.17, 15) is 4.79 Å².